The summed E-state index contributed by atoms with van der Waals surface area (Å²) in [6.45, 7) is -1.85. The van der Waals surface area contributed by atoms with E-state index < -0.39 is 40.8 Å². The Morgan fingerprint density at radius 2 is 1.57 bits per heavy atom. The fraction of sp³-hybridized carbons (Fsp3) is 0.250. The average molecular weight is 312 g/mol. The van der Waals surface area contributed by atoms with Crippen molar-refractivity contribution in [1.29, 1.82) is 5.26 Å². The molecule has 0 fully saturated rings. The van der Waals surface area contributed by atoms with Crippen molar-refractivity contribution < 1.29 is 28.2 Å². The molecule has 1 aromatic rings. The zero-order valence-corrected chi connectivity index (χ0v) is 11.6. The number of nitriles is 1. The third kappa shape index (κ3) is 5.21. The maximum absolute atomic E-state index is 12.1. The molecule has 0 aromatic heterocycles. The number of sulfonamides is 1. The predicted molar refractivity (Wildman–Crippen MR) is 70.6 cm³/mol. The van der Waals surface area contributed by atoms with E-state index in [4.69, 9.17) is 15.5 Å². The molecule has 0 unspecified atom stereocenters. The summed E-state index contributed by atoms with van der Waals surface area (Å²) in [5, 5.41) is 26.0. The van der Waals surface area contributed by atoms with Gasteiger partial charge in [0.15, 0.2) is 0 Å². The Hall–Kier alpha value is -2.44. The predicted octanol–water partition coefficient (Wildman–Crippen LogP) is -0.141. The topological polar surface area (TPSA) is 136 Å². The molecule has 0 bridgehead atoms. The van der Waals surface area contributed by atoms with E-state index in [2.05, 4.69) is 0 Å². The summed E-state index contributed by atoms with van der Waals surface area (Å²) < 4.78 is 24.5. The van der Waals surface area contributed by atoms with Gasteiger partial charge in [0.05, 0.1) is 17.4 Å². The standard InChI is InChI=1S/C12H12N2O6S/c13-5-9-1-3-10(4-2-9)8-21(19,20)14(6-11(15)16)7-12(17)18/h1-4H,6-8H2,(H,15,16)(H,17,18). The number of carbonyl (C=O) groups is 2. The Morgan fingerprint density at radius 3 is 1.95 bits per heavy atom. The van der Waals surface area contributed by atoms with E-state index in [0.29, 0.717) is 15.4 Å². The van der Waals surface area contributed by atoms with Crippen LogP contribution in [0.1, 0.15) is 11.1 Å². The molecule has 1 rings (SSSR count). The van der Waals surface area contributed by atoms with Crippen molar-refractivity contribution in [2.75, 3.05) is 13.1 Å². The van der Waals surface area contributed by atoms with Crippen molar-refractivity contribution in [1.82, 2.24) is 4.31 Å². The highest BCUT2D eigenvalue weighted by molar-refractivity contribution is 7.88. The van der Waals surface area contributed by atoms with Crippen LogP contribution in [0.2, 0.25) is 0 Å². The number of aliphatic carboxylic acids is 2. The molecule has 0 aliphatic heterocycles. The lowest BCUT2D eigenvalue weighted by Crippen LogP contribution is -2.40. The van der Waals surface area contributed by atoms with Crippen LogP contribution in [0.15, 0.2) is 24.3 Å². The fourth-order valence-corrected chi connectivity index (χ4v) is 2.94. The number of hydrogen-bond acceptors (Lipinski definition) is 5. The molecule has 21 heavy (non-hydrogen) atoms. The molecule has 9 heteroatoms. The second kappa shape index (κ2) is 6.83. The minimum absolute atomic E-state index is 0.328. The van der Waals surface area contributed by atoms with Gasteiger partial charge in [-0.3, -0.25) is 9.59 Å². The van der Waals surface area contributed by atoms with Gasteiger partial charge in [0, 0.05) is 0 Å². The van der Waals surface area contributed by atoms with Crippen LogP contribution in [0.4, 0.5) is 0 Å². The Balaban J connectivity index is 2.96. The summed E-state index contributed by atoms with van der Waals surface area (Å²) in [4.78, 5) is 21.3. The van der Waals surface area contributed by atoms with Crippen LogP contribution in [0.25, 0.3) is 0 Å². The van der Waals surface area contributed by atoms with Crippen LogP contribution in [-0.2, 0) is 25.4 Å². The fourth-order valence-electron chi connectivity index (χ4n) is 1.53. The molecule has 0 heterocycles. The summed E-state index contributed by atoms with van der Waals surface area (Å²) in [5.41, 5.74) is 0.679. The summed E-state index contributed by atoms with van der Waals surface area (Å²) in [7, 11) is -4.10. The van der Waals surface area contributed by atoms with Gasteiger partial charge in [-0.2, -0.15) is 9.57 Å². The number of hydrogen-bond donors (Lipinski definition) is 2. The van der Waals surface area contributed by atoms with E-state index >= 15 is 0 Å². The molecule has 1 aromatic carbocycles. The molecular weight excluding hydrogens is 300 g/mol. The lowest BCUT2D eigenvalue weighted by molar-refractivity contribution is -0.139. The second-order valence-electron chi connectivity index (χ2n) is 4.12. The van der Waals surface area contributed by atoms with Crippen LogP contribution in [0.3, 0.4) is 0 Å². The van der Waals surface area contributed by atoms with Crippen LogP contribution >= 0.6 is 0 Å². The molecular formula is C12H12N2O6S. The summed E-state index contributed by atoms with van der Waals surface area (Å²) in [5.74, 6) is -3.43. The van der Waals surface area contributed by atoms with E-state index in [1.165, 1.54) is 24.3 Å². The lowest BCUT2D eigenvalue weighted by Gasteiger charge is -2.18. The van der Waals surface area contributed by atoms with Gasteiger partial charge >= 0.3 is 11.9 Å². The van der Waals surface area contributed by atoms with Gasteiger partial charge in [-0.25, -0.2) is 8.42 Å². The zero-order chi connectivity index (χ0) is 16.0. The average Bonchev–Trinajstić information content (AvgIpc) is 2.37. The van der Waals surface area contributed by atoms with Crippen molar-refractivity contribution in [2.45, 2.75) is 5.75 Å². The Bertz CT molecular complexity index is 659. The minimum Gasteiger partial charge on any atom is -0.480 e. The highest BCUT2D eigenvalue weighted by Gasteiger charge is 2.26. The number of carboxylic acid groups (broad SMARTS) is 2. The minimum atomic E-state index is -4.10. The van der Waals surface area contributed by atoms with Gasteiger partial charge in [-0.1, -0.05) is 12.1 Å². The highest BCUT2D eigenvalue weighted by Crippen LogP contribution is 2.12. The molecule has 0 saturated heterocycles. The Labute approximate surface area is 120 Å². The van der Waals surface area contributed by atoms with Crippen LogP contribution in [-0.4, -0.2) is 48.0 Å². The molecule has 112 valence electrons. The molecule has 0 saturated carbocycles. The zero-order valence-electron chi connectivity index (χ0n) is 10.8. The number of carboxylic acids is 2. The SMILES string of the molecule is N#Cc1ccc(CS(=O)(=O)N(CC(=O)O)CC(=O)O)cc1. The second-order valence-corrected chi connectivity index (χ2v) is 6.09. The first-order valence-electron chi connectivity index (χ1n) is 5.65. The van der Waals surface area contributed by atoms with Gasteiger partial charge in [0.1, 0.15) is 13.1 Å². The van der Waals surface area contributed by atoms with E-state index in [-0.39, 0.29) is 0 Å². The molecule has 0 amide bonds. The molecule has 0 radical (unpaired) electrons. The summed E-state index contributed by atoms with van der Waals surface area (Å²) >= 11 is 0. The quantitative estimate of drug-likeness (QED) is 0.715. The van der Waals surface area contributed by atoms with E-state index in [1.54, 1.807) is 0 Å². The highest BCUT2D eigenvalue weighted by atomic mass is 32.2. The van der Waals surface area contributed by atoms with Crippen LogP contribution < -0.4 is 0 Å². The smallest absolute Gasteiger partial charge is 0.318 e. The Morgan fingerprint density at radius 1 is 1.10 bits per heavy atom. The number of nitrogens with zero attached hydrogens (tertiary/aromatic N) is 2. The first-order chi connectivity index (χ1) is 9.74. The molecule has 0 atom stereocenters. The third-order valence-electron chi connectivity index (χ3n) is 2.45. The summed E-state index contributed by atoms with van der Waals surface area (Å²) in [6, 6.07) is 7.54. The van der Waals surface area contributed by atoms with Crippen molar-refractivity contribution in [3.05, 3.63) is 35.4 Å². The van der Waals surface area contributed by atoms with Crippen molar-refractivity contribution in [3.63, 3.8) is 0 Å². The van der Waals surface area contributed by atoms with E-state index in [9.17, 15) is 18.0 Å². The van der Waals surface area contributed by atoms with Gasteiger partial charge < -0.3 is 10.2 Å². The summed E-state index contributed by atoms with van der Waals surface area (Å²) in [6.07, 6.45) is 0. The molecule has 0 aliphatic rings. The van der Waals surface area contributed by atoms with Gasteiger partial charge in [0.2, 0.25) is 10.0 Å². The molecule has 2 N–H and O–H groups in total. The maximum atomic E-state index is 12.1. The van der Waals surface area contributed by atoms with Crippen molar-refractivity contribution in [2.24, 2.45) is 0 Å². The number of benzene rings is 1. The molecule has 0 spiro atoms. The molecule has 0 aliphatic carbocycles. The first kappa shape index (κ1) is 16.6. The van der Waals surface area contributed by atoms with Gasteiger partial charge in [0.25, 0.3) is 0 Å². The third-order valence-corrected chi connectivity index (χ3v) is 4.19. The largest absolute Gasteiger partial charge is 0.480 e. The van der Waals surface area contributed by atoms with Gasteiger partial charge in [-0.05, 0) is 17.7 Å². The van der Waals surface area contributed by atoms with Crippen LogP contribution in [0, 0.1) is 11.3 Å². The van der Waals surface area contributed by atoms with E-state index in [0.717, 1.165) is 0 Å². The monoisotopic (exact) mass is 312 g/mol. The lowest BCUT2D eigenvalue weighted by atomic mass is 10.2. The van der Waals surface area contributed by atoms with Crippen molar-refractivity contribution in [3.8, 4) is 6.07 Å². The first-order valence-corrected chi connectivity index (χ1v) is 7.26. The van der Waals surface area contributed by atoms with Gasteiger partial charge in [-0.15, -0.1) is 0 Å². The van der Waals surface area contributed by atoms with E-state index in [1.807, 2.05) is 6.07 Å². The molecule has 8 nitrogen and oxygen atoms in total. The maximum Gasteiger partial charge on any atom is 0.318 e. The Kier molecular flexibility index (Phi) is 5.40. The normalized spacial score (nSPS) is 11.0. The number of rotatable bonds is 7. The van der Waals surface area contributed by atoms with Crippen molar-refractivity contribution >= 4 is 22.0 Å². The van der Waals surface area contributed by atoms with Crippen LogP contribution in [0.5, 0.6) is 0 Å².